The molecule has 2 unspecified atom stereocenters. The van der Waals surface area contributed by atoms with E-state index in [0.29, 0.717) is 38.1 Å². The molecule has 1 aromatic rings. The van der Waals surface area contributed by atoms with Gasteiger partial charge in [0.2, 0.25) is 5.91 Å². The summed E-state index contributed by atoms with van der Waals surface area (Å²) in [6.45, 7) is 2.80. The first kappa shape index (κ1) is 14.2. The van der Waals surface area contributed by atoms with E-state index in [1.807, 2.05) is 19.1 Å². The quantitative estimate of drug-likeness (QED) is 0.626. The van der Waals surface area contributed by atoms with Crippen LogP contribution in [0.5, 0.6) is 0 Å². The number of aliphatic hydroxyl groups is 1. The standard InChI is InChI=1S/C15H21N3O3/c1-9-15(20,4-5-21-9)8-17-13-7-12-10(6-11(13)16)2-3-14(19)18-12/h6-7,9,17,20H,2-5,8,16H2,1H3,(H,18,19). The van der Waals surface area contributed by atoms with E-state index in [1.165, 1.54) is 0 Å². The number of aryl methyl sites for hydroxylation is 1. The van der Waals surface area contributed by atoms with Crippen molar-refractivity contribution < 1.29 is 14.6 Å². The molecule has 21 heavy (non-hydrogen) atoms. The van der Waals surface area contributed by atoms with Crippen LogP contribution in [0.3, 0.4) is 0 Å². The Hall–Kier alpha value is -1.79. The van der Waals surface area contributed by atoms with Gasteiger partial charge in [-0.05, 0) is 31.0 Å². The molecule has 3 rings (SSSR count). The molecule has 0 saturated carbocycles. The molecule has 2 atom stereocenters. The van der Waals surface area contributed by atoms with E-state index in [4.69, 9.17) is 10.5 Å². The first-order valence-corrected chi connectivity index (χ1v) is 7.28. The van der Waals surface area contributed by atoms with Gasteiger partial charge in [0.1, 0.15) is 5.60 Å². The van der Waals surface area contributed by atoms with Crippen LogP contribution in [0.15, 0.2) is 12.1 Å². The maximum atomic E-state index is 11.5. The Bertz CT molecular complexity index is 576. The predicted octanol–water partition coefficient (Wildman–Crippen LogP) is 1.11. The van der Waals surface area contributed by atoms with Gasteiger partial charge in [0, 0.05) is 31.7 Å². The molecule has 0 aromatic heterocycles. The minimum Gasteiger partial charge on any atom is -0.397 e. The summed E-state index contributed by atoms with van der Waals surface area (Å²) in [4.78, 5) is 11.5. The van der Waals surface area contributed by atoms with Crippen molar-refractivity contribution >= 4 is 23.0 Å². The second-order valence-corrected chi connectivity index (χ2v) is 5.86. The van der Waals surface area contributed by atoms with Crippen LogP contribution in [0.25, 0.3) is 0 Å². The van der Waals surface area contributed by atoms with Crippen LogP contribution in [0, 0.1) is 0 Å². The molecule has 2 aliphatic heterocycles. The Labute approximate surface area is 123 Å². The molecule has 1 aromatic carbocycles. The van der Waals surface area contributed by atoms with Crippen molar-refractivity contribution in [2.75, 3.05) is 29.5 Å². The zero-order chi connectivity index (χ0) is 15.0. The van der Waals surface area contributed by atoms with Gasteiger partial charge in [-0.25, -0.2) is 0 Å². The van der Waals surface area contributed by atoms with Gasteiger partial charge in [-0.3, -0.25) is 4.79 Å². The van der Waals surface area contributed by atoms with Gasteiger partial charge in [0.05, 0.1) is 17.5 Å². The molecule has 114 valence electrons. The number of nitrogen functional groups attached to an aromatic ring is 1. The summed E-state index contributed by atoms with van der Waals surface area (Å²) < 4.78 is 5.41. The lowest BCUT2D eigenvalue weighted by molar-refractivity contribution is -0.116. The van der Waals surface area contributed by atoms with E-state index in [0.717, 1.165) is 16.9 Å². The van der Waals surface area contributed by atoms with Gasteiger partial charge in [0.15, 0.2) is 0 Å². The Morgan fingerprint density at radius 2 is 2.33 bits per heavy atom. The predicted molar refractivity (Wildman–Crippen MR) is 81.3 cm³/mol. The molecule has 1 saturated heterocycles. The largest absolute Gasteiger partial charge is 0.397 e. The summed E-state index contributed by atoms with van der Waals surface area (Å²) in [6.07, 6.45) is 1.60. The van der Waals surface area contributed by atoms with E-state index in [-0.39, 0.29) is 12.0 Å². The number of hydrogen-bond donors (Lipinski definition) is 4. The summed E-state index contributed by atoms with van der Waals surface area (Å²) in [5.74, 6) is 0.0228. The van der Waals surface area contributed by atoms with Crippen molar-refractivity contribution in [1.82, 2.24) is 0 Å². The first-order chi connectivity index (χ1) is 9.98. The molecule has 1 amide bonds. The molecule has 2 aliphatic rings. The summed E-state index contributed by atoms with van der Waals surface area (Å²) in [5.41, 5.74) is 8.37. The number of rotatable bonds is 3. The highest BCUT2D eigenvalue weighted by molar-refractivity contribution is 5.95. The van der Waals surface area contributed by atoms with Gasteiger partial charge in [0.25, 0.3) is 0 Å². The van der Waals surface area contributed by atoms with Crippen molar-refractivity contribution in [2.24, 2.45) is 0 Å². The van der Waals surface area contributed by atoms with Crippen molar-refractivity contribution in [3.8, 4) is 0 Å². The fourth-order valence-corrected chi connectivity index (χ4v) is 2.85. The monoisotopic (exact) mass is 291 g/mol. The molecule has 0 aliphatic carbocycles. The molecule has 6 heteroatoms. The number of ether oxygens (including phenoxy) is 1. The summed E-state index contributed by atoms with van der Waals surface area (Å²) >= 11 is 0. The molecule has 0 spiro atoms. The lowest BCUT2D eigenvalue weighted by atomic mass is 9.96. The van der Waals surface area contributed by atoms with Crippen LogP contribution in [-0.4, -0.2) is 35.9 Å². The van der Waals surface area contributed by atoms with E-state index < -0.39 is 5.60 Å². The van der Waals surface area contributed by atoms with Gasteiger partial charge < -0.3 is 26.2 Å². The minimum absolute atomic E-state index is 0.0228. The zero-order valence-electron chi connectivity index (χ0n) is 12.1. The van der Waals surface area contributed by atoms with Gasteiger partial charge in [-0.15, -0.1) is 0 Å². The SMILES string of the molecule is CC1OCCC1(O)CNc1cc2c(cc1N)CCC(=O)N2. The number of anilines is 3. The van der Waals surface area contributed by atoms with Crippen LogP contribution >= 0.6 is 0 Å². The zero-order valence-corrected chi connectivity index (χ0v) is 12.1. The highest BCUT2D eigenvalue weighted by Crippen LogP contribution is 2.32. The molecule has 6 nitrogen and oxygen atoms in total. The van der Waals surface area contributed by atoms with E-state index in [2.05, 4.69) is 10.6 Å². The van der Waals surface area contributed by atoms with Crippen LogP contribution in [0.4, 0.5) is 17.1 Å². The van der Waals surface area contributed by atoms with Crippen LogP contribution in [0.2, 0.25) is 0 Å². The lowest BCUT2D eigenvalue weighted by Gasteiger charge is -2.27. The summed E-state index contributed by atoms with van der Waals surface area (Å²) in [7, 11) is 0. The lowest BCUT2D eigenvalue weighted by Crippen LogP contribution is -2.43. The third-order valence-electron chi connectivity index (χ3n) is 4.42. The highest BCUT2D eigenvalue weighted by Gasteiger charge is 2.39. The van der Waals surface area contributed by atoms with E-state index in [9.17, 15) is 9.90 Å². The van der Waals surface area contributed by atoms with Crippen molar-refractivity contribution in [3.05, 3.63) is 17.7 Å². The first-order valence-electron chi connectivity index (χ1n) is 7.28. The normalized spacial score (nSPS) is 28.1. The summed E-state index contributed by atoms with van der Waals surface area (Å²) in [6, 6.07) is 3.72. The topological polar surface area (TPSA) is 96.6 Å². The van der Waals surface area contributed by atoms with Crippen LogP contribution in [0.1, 0.15) is 25.3 Å². The Balaban J connectivity index is 1.76. The van der Waals surface area contributed by atoms with Gasteiger partial charge >= 0.3 is 0 Å². The number of amides is 1. The molecular weight excluding hydrogens is 270 g/mol. The van der Waals surface area contributed by atoms with Crippen molar-refractivity contribution in [3.63, 3.8) is 0 Å². The Morgan fingerprint density at radius 3 is 3.05 bits per heavy atom. The number of hydrogen-bond acceptors (Lipinski definition) is 5. The van der Waals surface area contributed by atoms with Crippen LogP contribution < -0.4 is 16.4 Å². The van der Waals surface area contributed by atoms with Crippen molar-refractivity contribution in [1.29, 1.82) is 0 Å². The smallest absolute Gasteiger partial charge is 0.224 e. The average molecular weight is 291 g/mol. The number of benzene rings is 1. The minimum atomic E-state index is -0.883. The number of carbonyl (C=O) groups is 1. The fraction of sp³-hybridized carbons (Fsp3) is 0.533. The summed E-state index contributed by atoms with van der Waals surface area (Å²) in [5, 5.41) is 16.5. The second kappa shape index (κ2) is 5.20. The third-order valence-corrected chi connectivity index (χ3v) is 4.42. The molecule has 5 N–H and O–H groups in total. The number of fused-ring (bicyclic) bond motifs is 1. The highest BCUT2D eigenvalue weighted by atomic mass is 16.5. The van der Waals surface area contributed by atoms with Gasteiger partial charge in [-0.1, -0.05) is 0 Å². The van der Waals surface area contributed by atoms with E-state index >= 15 is 0 Å². The van der Waals surface area contributed by atoms with Gasteiger partial charge in [-0.2, -0.15) is 0 Å². The third kappa shape index (κ3) is 2.69. The fourth-order valence-electron chi connectivity index (χ4n) is 2.85. The maximum absolute atomic E-state index is 11.5. The number of nitrogens with one attached hydrogen (secondary N) is 2. The van der Waals surface area contributed by atoms with E-state index in [1.54, 1.807) is 0 Å². The number of nitrogens with two attached hydrogens (primary N) is 1. The maximum Gasteiger partial charge on any atom is 0.224 e. The molecule has 0 bridgehead atoms. The average Bonchev–Trinajstić information content (AvgIpc) is 2.77. The molecular formula is C15H21N3O3. The Kier molecular flexibility index (Phi) is 3.51. The number of carbonyl (C=O) groups excluding carboxylic acids is 1. The van der Waals surface area contributed by atoms with Crippen molar-refractivity contribution in [2.45, 2.75) is 37.9 Å². The molecule has 0 radical (unpaired) electrons. The van der Waals surface area contributed by atoms with Crippen LogP contribution in [-0.2, 0) is 16.0 Å². The second-order valence-electron chi connectivity index (χ2n) is 5.86. The molecule has 2 heterocycles. The molecule has 1 fully saturated rings. The Morgan fingerprint density at radius 1 is 1.52 bits per heavy atom.